The molecule has 1 aromatic heterocycles. The van der Waals surface area contributed by atoms with E-state index in [2.05, 4.69) is 4.98 Å². The highest BCUT2D eigenvalue weighted by molar-refractivity contribution is 5.82. The quantitative estimate of drug-likeness (QED) is 0.785. The zero-order valence-corrected chi connectivity index (χ0v) is 9.68. The van der Waals surface area contributed by atoms with Crippen LogP contribution >= 0.6 is 0 Å². The normalized spacial score (nSPS) is 19.9. The lowest BCUT2D eigenvalue weighted by Gasteiger charge is -2.16. The number of carbonyl (C=O) groups excluding carboxylic acids is 1. The number of carbonyl (C=O) groups is 1. The topological polar surface area (TPSA) is 75.2 Å². The Labute approximate surface area is 97.9 Å². The van der Waals surface area contributed by atoms with Crippen molar-refractivity contribution in [1.82, 2.24) is 14.5 Å². The van der Waals surface area contributed by atoms with Crippen LogP contribution in [0.4, 0.5) is 0 Å². The van der Waals surface area contributed by atoms with Crippen LogP contribution in [0.25, 0.3) is 0 Å². The van der Waals surface area contributed by atoms with E-state index in [4.69, 9.17) is 0 Å². The maximum Gasteiger partial charge on any atom is 0.329 e. The molecule has 1 aliphatic heterocycles. The van der Waals surface area contributed by atoms with Crippen molar-refractivity contribution in [2.75, 3.05) is 13.1 Å². The van der Waals surface area contributed by atoms with Crippen LogP contribution < -0.4 is 11.2 Å². The molecule has 0 unspecified atom stereocenters. The molecule has 6 nitrogen and oxygen atoms in total. The Bertz CT molecular complexity index is 531. The summed E-state index contributed by atoms with van der Waals surface area (Å²) >= 11 is 0. The van der Waals surface area contributed by atoms with Gasteiger partial charge in [0.2, 0.25) is 5.91 Å². The Balaban J connectivity index is 2.27. The van der Waals surface area contributed by atoms with Gasteiger partial charge in [-0.2, -0.15) is 0 Å². The third-order valence-corrected chi connectivity index (χ3v) is 2.95. The third kappa shape index (κ3) is 2.15. The number of rotatable bonds is 3. The van der Waals surface area contributed by atoms with Gasteiger partial charge in [0.1, 0.15) is 6.04 Å². The van der Waals surface area contributed by atoms with E-state index in [0.717, 1.165) is 6.42 Å². The molecule has 0 aliphatic carbocycles. The molecule has 1 aliphatic rings. The number of nitrogens with one attached hydrogen (secondary N) is 1. The summed E-state index contributed by atoms with van der Waals surface area (Å²) in [6.07, 6.45) is 2.91. The summed E-state index contributed by atoms with van der Waals surface area (Å²) in [6.45, 7) is 3.39. The van der Waals surface area contributed by atoms with Gasteiger partial charge >= 0.3 is 5.69 Å². The van der Waals surface area contributed by atoms with Crippen LogP contribution in [0, 0.1) is 0 Å². The Hall–Kier alpha value is -1.85. The molecule has 92 valence electrons. The van der Waals surface area contributed by atoms with E-state index in [1.807, 2.05) is 6.92 Å². The number of amides is 1. The minimum atomic E-state index is -0.519. The van der Waals surface area contributed by atoms with Gasteiger partial charge in [-0.1, -0.05) is 6.92 Å². The first-order chi connectivity index (χ1) is 8.13. The van der Waals surface area contributed by atoms with Gasteiger partial charge in [0.05, 0.1) is 0 Å². The summed E-state index contributed by atoms with van der Waals surface area (Å²) in [5.74, 6) is -0.0407. The summed E-state index contributed by atoms with van der Waals surface area (Å²) in [4.78, 5) is 38.4. The highest BCUT2D eigenvalue weighted by atomic mass is 16.2. The Morgan fingerprint density at radius 2 is 2.18 bits per heavy atom. The minimum absolute atomic E-state index is 0.0407. The van der Waals surface area contributed by atoms with Gasteiger partial charge in [-0.15, -0.1) is 0 Å². The van der Waals surface area contributed by atoms with E-state index >= 15 is 0 Å². The SMILES string of the molecule is CCCN1CC[C@@H](n2ccc(=O)[nH]c2=O)C1=O. The molecule has 2 rings (SSSR count). The summed E-state index contributed by atoms with van der Waals surface area (Å²) in [6, 6.07) is 0.794. The van der Waals surface area contributed by atoms with Crippen molar-refractivity contribution in [3.05, 3.63) is 33.1 Å². The molecule has 6 heteroatoms. The Morgan fingerprint density at radius 1 is 1.41 bits per heavy atom. The monoisotopic (exact) mass is 237 g/mol. The first-order valence-corrected chi connectivity index (χ1v) is 5.73. The molecule has 1 fully saturated rings. The van der Waals surface area contributed by atoms with Gasteiger partial charge in [-0.3, -0.25) is 19.1 Å². The summed E-state index contributed by atoms with van der Waals surface area (Å²) in [7, 11) is 0. The fourth-order valence-electron chi connectivity index (χ4n) is 2.15. The van der Waals surface area contributed by atoms with Crippen molar-refractivity contribution in [3.8, 4) is 0 Å². The van der Waals surface area contributed by atoms with Gasteiger partial charge in [-0.25, -0.2) is 4.79 Å². The molecular formula is C11H15N3O3. The van der Waals surface area contributed by atoms with Crippen LogP contribution in [-0.2, 0) is 4.79 Å². The summed E-state index contributed by atoms with van der Waals surface area (Å²) in [5.41, 5.74) is -0.962. The maximum absolute atomic E-state index is 12.0. The molecule has 0 bridgehead atoms. The number of likely N-dealkylation sites (tertiary alicyclic amines) is 1. The second-order valence-electron chi connectivity index (χ2n) is 4.15. The molecule has 17 heavy (non-hydrogen) atoms. The van der Waals surface area contributed by atoms with Crippen LogP contribution in [0.3, 0.4) is 0 Å². The van der Waals surface area contributed by atoms with E-state index in [1.54, 1.807) is 4.90 Å². The summed E-state index contributed by atoms with van der Waals surface area (Å²) < 4.78 is 1.30. The van der Waals surface area contributed by atoms with Crippen molar-refractivity contribution >= 4 is 5.91 Å². The largest absolute Gasteiger partial charge is 0.341 e. The number of H-pyrrole nitrogens is 1. The number of hydrogen-bond donors (Lipinski definition) is 1. The van der Waals surface area contributed by atoms with E-state index in [9.17, 15) is 14.4 Å². The smallest absolute Gasteiger partial charge is 0.329 e. The molecule has 0 saturated carbocycles. The van der Waals surface area contributed by atoms with E-state index in [-0.39, 0.29) is 5.91 Å². The molecule has 0 radical (unpaired) electrons. The average molecular weight is 237 g/mol. The van der Waals surface area contributed by atoms with Crippen LogP contribution in [0.2, 0.25) is 0 Å². The molecular weight excluding hydrogens is 222 g/mol. The lowest BCUT2D eigenvalue weighted by molar-refractivity contribution is -0.130. The van der Waals surface area contributed by atoms with Crippen LogP contribution in [0.5, 0.6) is 0 Å². The molecule has 1 aromatic rings. The Kier molecular flexibility index (Phi) is 3.12. The molecule has 1 amide bonds. The maximum atomic E-state index is 12.0. The minimum Gasteiger partial charge on any atom is -0.341 e. The van der Waals surface area contributed by atoms with Crippen molar-refractivity contribution in [2.24, 2.45) is 0 Å². The van der Waals surface area contributed by atoms with Crippen LogP contribution in [-0.4, -0.2) is 33.4 Å². The molecule has 1 saturated heterocycles. The Morgan fingerprint density at radius 3 is 2.82 bits per heavy atom. The second kappa shape index (κ2) is 4.57. The number of aromatic nitrogens is 2. The molecule has 2 heterocycles. The predicted molar refractivity (Wildman–Crippen MR) is 61.8 cm³/mol. The van der Waals surface area contributed by atoms with E-state index in [0.29, 0.717) is 19.5 Å². The lowest BCUT2D eigenvalue weighted by atomic mass is 10.2. The van der Waals surface area contributed by atoms with E-state index < -0.39 is 17.3 Å². The van der Waals surface area contributed by atoms with Gasteiger partial charge in [0, 0.05) is 25.4 Å². The van der Waals surface area contributed by atoms with Crippen molar-refractivity contribution in [3.63, 3.8) is 0 Å². The van der Waals surface area contributed by atoms with Crippen LogP contribution in [0.1, 0.15) is 25.8 Å². The predicted octanol–water partition coefficient (Wildman–Crippen LogP) is -0.280. The average Bonchev–Trinajstić information content (AvgIpc) is 2.62. The highest BCUT2D eigenvalue weighted by Crippen LogP contribution is 2.21. The lowest BCUT2D eigenvalue weighted by Crippen LogP contribution is -2.36. The zero-order chi connectivity index (χ0) is 12.4. The van der Waals surface area contributed by atoms with Crippen molar-refractivity contribution in [2.45, 2.75) is 25.8 Å². The number of nitrogens with zero attached hydrogens (tertiary/aromatic N) is 2. The van der Waals surface area contributed by atoms with Gasteiger partial charge in [0.15, 0.2) is 0 Å². The van der Waals surface area contributed by atoms with Gasteiger partial charge in [-0.05, 0) is 12.8 Å². The molecule has 1 N–H and O–H groups in total. The third-order valence-electron chi connectivity index (χ3n) is 2.95. The number of hydrogen-bond acceptors (Lipinski definition) is 3. The number of aromatic amines is 1. The molecule has 0 aromatic carbocycles. The van der Waals surface area contributed by atoms with Crippen molar-refractivity contribution < 1.29 is 4.79 Å². The fourth-order valence-corrected chi connectivity index (χ4v) is 2.15. The van der Waals surface area contributed by atoms with Gasteiger partial charge in [0.25, 0.3) is 5.56 Å². The second-order valence-corrected chi connectivity index (χ2v) is 4.15. The molecule has 1 atom stereocenters. The fraction of sp³-hybridized carbons (Fsp3) is 0.545. The zero-order valence-electron chi connectivity index (χ0n) is 9.68. The highest BCUT2D eigenvalue weighted by Gasteiger charge is 2.32. The first-order valence-electron chi connectivity index (χ1n) is 5.73. The van der Waals surface area contributed by atoms with Gasteiger partial charge < -0.3 is 4.90 Å². The van der Waals surface area contributed by atoms with Crippen molar-refractivity contribution in [1.29, 1.82) is 0 Å². The molecule has 0 spiro atoms. The standard InChI is InChI=1S/C11H15N3O3/c1-2-5-13-6-3-8(10(13)16)14-7-4-9(15)12-11(14)17/h4,7-8H,2-3,5-6H2,1H3,(H,12,15,17)/t8-/m1/s1. The summed E-state index contributed by atoms with van der Waals surface area (Å²) in [5, 5.41) is 0. The van der Waals surface area contributed by atoms with E-state index in [1.165, 1.54) is 16.8 Å². The first kappa shape index (κ1) is 11.6. The van der Waals surface area contributed by atoms with Crippen LogP contribution in [0.15, 0.2) is 21.9 Å².